The Morgan fingerprint density at radius 2 is 1.33 bits per heavy atom. The number of carbonyl (C=O) groups is 1. The van der Waals surface area contributed by atoms with Crippen LogP contribution in [0.1, 0.15) is 23.3 Å². The molecule has 0 aromatic heterocycles. The molecule has 1 fully saturated rings. The van der Waals surface area contributed by atoms with Crippen molar-refractivity contribution in [2.75, 3.05) is 0 Å². The predicted octanol–water partition coefficient (Wildman–Crippen LogP) is 2.15. The van der Waals surface area contributed by atoms with Crippen LogP contribution < -0.4 is 10.6 Å². The Morgan fingerprint density at radius 1 is 0.778 bits per heavy atom. The Morgan fingerprint density at radius 3 is 1.94 bits per heavy atom. The number of amides is 1. The summed E-state index contributed by atoms with van der Waals surface area (Å²) in [7, 11) is 0. The van der Waals surface area contributed by atoms with Gasteiger partial charge in [-0.3, -0.25) is 10.1 Å². The van der Waals surface area contributed by atoms with Crippen molar-refractivity contribution < 1.29 is 4.79 Å². The van der Waals surface area contributed by atoms with Gasteiger partial charge in [-0.2, -0.15) is 0 Å². The van der Waals surface area contributed by atoms with Gasteiger partial charge in [0, 0.05) is 0 Å². The van der Waals surface area contributed by atoms with Gasteiger partial charge in [0.05, 0.1) is 0 Å². The third-order valence-electron chi connectivity index (χ3n) is 3.15. The fraction of sp³-hybridized carbons (Fsp3) is 0.133. The first kappa shape index (κ1) is 11.0. The number of hydrogen-bond acceptors (Lipinski definition) is 2. The van der Waals surface area contributed by atoms with Gasteiger partial charge in [-0.05, 0) is 11.1 Å². The molecule has 2 aromatic rings. The average Bonchev–Trinajstić information content (AvgIpc) is 2.83. The highest BCUT2D eigenvalue weighted by Gasteiger charge is 2.32. The first-order valence-electron chi connectivity index (χ1n) is 6.01. The van der Waals surface area contributed by atoms with Gasteiger partial charge in [0.2, 0.25) is 5.91 Å². The Hall–Kier alpha value is -2.13. The van der Waals surface area contributed by atoms with Crippen molar-refractivity contribution in [2.24, 2.45) is 0 Å². The summed E-state index contributed by atoms with van der Waals surface area (Å²) in [6.07, 6.45) is -0.107. The smallest absolute Gasteiger partial charge is 0.243 e. The normalized spacial score (nSPS) is 22.8. The fourth-order valence-corrected chi connectivity index (χ4v) is 2.23. The zero-order valence-electron chi connectivity index (χ0n) is 9.84. The minimum Gasteiger partial charge on any atom is -0.335 e. The van der Waals surface area contributed by atoms with E-state index in [1.165, 1.54) is 0 Å². The summed E-state index contributed by atoms with van der Waals surface area (Å²) in [4.78, 5) is 12.0. The number of rotatable bonds is 2. The Kier molecular flexibility index (Phi) is 2.82. The molecule has 1 saturated heterocycles. The van der Waals surface area contributed by atoms with Crippen molar-refractivity contribution in [1.82, 2.24) is 10.6 Å². The molecule has 18 heavy (non-hydrogen) atoms. The predicted molar refractivity (Wildman–Crippen MR) is 69.6 cm³/mol. The fourth-order valence-electron chi connectivity index (χ4n) is 2.23. The summed E-state index contributed by atoms with van der Waals surface area (Å²) in [5.41, 5.74) is 2.07. The molecule has 1 aliphatic rings. The Bertz CT molecular complexity index is 539. The van der Waals surface area contributed by atoms with Crippen LogP contribution in [-0.2, 0) is 4.79 Å². The molecule has 1 amide bonds. The van der Waals surface area contributed by atoms with Crippen LogP contribution in [0.5, 0.6) is 0 Å². The summed E-state index contributed by atoms with van der Waals surface area (Å²) < 4.78 is 0. The second kappa shape index (κ2) is 4.63. The van der Waals surface area contributed by atoms with Gasteiger partial charge >= 0.3 is 0 Å². The van der Waals surface area contributed by atoms with E-state index in [0.717, 1.165) is 11.1 Å². The molecule has 1 aliphatic heterocycles. The number of hydrogen-bond donors (Lipinski definition) is 2. The highest BCUT2D eigenvalue weighted by atomic mass is 16.2. The molecule has 90 valence electrons. The van der Waals surface area contributed by atoms with Crippen LogP contribution in [0.25, 0.3) is 0 Å². The number of carbonyl (C=O) groups excluding carboxylic acids is 1. The molecule has 3 heteroatoms. The maximum Gasteiger partial charge on any atom is 0.243 e. The van der Waals surface area contributed by atoms with Crippen LogP contribution in [0.2, 0.25) is 0 Å². The van der Waals surface area contributed by atoms with Gasteiger partial charge < -0.3 is 5.32 Å². The molecule has 2 atom stereocenters. The third kappa shape index (κ3) is 2.00. The Labute approximate surface area is 106 Å². The summed E-state index contributed by atoms with van der Waals surface area (Å²) in [5, 5.41) is 6.28. The van der Waals surface area contributed by atoms with E-state index in [0.29, 0.717) is 0 Å². The lowest BCUT2D eigenvalue weighted by Crippen LogP contribution is -2.22. The molecule has 0 saturated carbocycles. The highest BCUT2D eigenvalue weighted by Crippen LogP contribution is 2.24. The first-order chi connectivity index (χ1) is 8.84. The van der Waals surface area contributed by atoms with Gasteiger partial charge in [0.25, 0.3) is 0 Å². The van der Waals surface area contributed by atoms with E-state index in [2.05, 4.69) is 10.6 Å². The van der Waals surface area contributed by atoms with Crippen LogP contribution in [0, 0.1) is 0 Å². The monoisotopic (exact) mass is 238 g/mol. The highest BCUT2D eigenvalue weighted by molar-refractivity contribution is 5.85. The summed E-state index contributed by atoms with van der Waals surface area (Å²) in [5.74, 6) is 0.0232. The van der Waals surface area contributed by atoms with Crippen LogP contribution >= 0.6 is 0 Å². The average molecular weight is 238 g/mol. The van der Waals surface area contributed by atoms with Crippen LogP contribution in [-0.4, -0.2) is 5.91 Å². The van der Waals surface area contributed by atoms with Gasteiger partial charge in [-0.25, -0.2) is 0 Å². The zero-order valence-corrected chi connectivity index (χ0v) is 9.84. The quantitative estimate of drug-likeness (QED) is 0.841. The molecule has 0 radical (unpaired) electrons. The molecule has 2 aromatic carbocycles. The number of benzene rings is 2. The molecule has 3 rings (SSSR count). The van der Waals surface area contributed by atoms with Crippen molar-refractivity contribution in [3.8, 4) is 0 Å². The summed E-state index contributed by atoms with van der Waals surface area (Å²) in [6.45, 7) is 0. The second-order valence-corrected chi connectivity index (χ2v) is 4.36. The topological polar surface area (TPSA) is 41.1 Å². The SMILES string of the molecule is O=C1NC(c2ccccc2)NC1c1ccccc1. The minimum absolute atomic E-state index is 0.0232. The van der Waals surface area contributed by atoms with Crippen LogP contribution in [0.3, 0.4) is 0 Å². The molecular formula is C15H14N2O. The van der Waals surface area contributed by atoms with Crippen molar-refractivity contribution in [3.63, 3.8) is 0 Å². The van der Waals surface area contributed by atoms with Gasteiger partial charge in [0.1, 0.15) is 12.2 Å². The van der Waals surface area contributed by atoms with E-state index in [1.807, 2.05) is 60.7 Å². The second-order valence-electron chi connectivity index (χ2n) is 4.36. The van der Waals surface area contributed by atoms with Gasteiger partial charge in [-0.1, -0.05) is 60.7 Å². The van der Waals surface area contributed by atoms with Crippen LogP contribution in [0.15, 0.2) is 60.7 Å². The maximum absolute atomic E-state index is 12.0. The van der Waals surface area contributed by atoms with E-state index in [4.69, 9.17) is 0 Å². The Balaban J connectivity index is 1.83. The van der Waals surface area contributed by atoms with Crippen molar-refractivity contribution in [1.29, 1.82) is 0 Å². The lowest BCUT2D eigenvalue weighted by Gasteiger charge is -2.12. The lowest BCUT2D eigenvalue weighted by molar-refractivity contribution is -0.120. The third-order valence-corrected chi connectivity index (χ3v) is 3.15. The van der Waals surface area contributed by atoms with Gasteiger partial charge in [-0.15, -0.1) is 0 Å². The molecule has 0 bridgehead atoms. The first-order valence-corrected chi connectivity index (χ1v) is 6.01. The molecule has 3 nitrogen and oxygen atoms in total. The van der Waals surface area contributed by atoms with E-state index in [9.17, 15) is 4.79 Å². The molecule has 2 unspecified atom stereocenters. The minimum atomic E-state index is -0.267. The summed E-state index contributed by atoms with van der Waals surface area (Å²) in [6, 6.07) is 19.4. The van der Waals surface area contributed by atoms with E-state index in [1.54, 1.807) is 0 Å². The molecule has 2 N–H and O–H groups in total. The summed E-state index contributed by atoms with van der Waals surface area (Å²) >= 11 is 0. The van der Waals surface area contributed by atoms with Crippen molar-refractivity contribution in [2.45, 2.75) is 12.2 Å². The van der Waals surface area contributed by atoms with E-state index < -0.39 is 0 Å². The largest absolute Gasteiger partial charge is 0.335 e. The zero-order chi connectivity index (χ0) is 12.4. The van der Waals surface area contributed by atoms with Gasteiger partial charge in [0.15, 0.2) is 0 Å². The molecular weight excluding hydrogens is 224 g/mol. The van der Waals surface area contributed by atoms with Crippen molar-refractivity contribution >= 4 is 5.91 Å². The maximum atomic E-state index is 12.0. The number of nitrogens with one attached hydrogen (secondary N) is 2. The lowest BCUT2D eigenvalue weighted by atomic mass is 10.1. The molecule has 0 spiro atoms. The molecule has 1 heterocycles. The van der Waals surface area contributed by atoms with Crippen LogP contribution in [0.4, 0.5) is 0 Å². The van der Waals surface area contributed by atoms with E-state index in [-0.39, 0.29) is 18.1 Å². The van der Waals surface area contributed by atoms with E-state index >= 15 is 0 Å². The standard InChI is InChI=1S/C15H14N2O/c18-15-13(11-7-3-1-4-8-11)16-14(17-15)12-9-5-2-6-10-12/h1-10,13-14,16H,(H,17,18). The van der Waals surface area contributed by atoms with Crippen molar-refractivity contribution in [3.05, 3.63) is 71.8 Å². The molecule has 0 aliphatic carbocycles.